The highest BCUT2D eigenvalue weighted by atomic mass is 19.1. The Balaban J connectivity index is 0.775. The fraction of sp³-hybridized carbons (Fsp3) is 0.630. The second-order valence-electron chi connectivity index (χ2n) is 20.1. The maximum atomic E-state index is 15.1. The van der Waals surface area contributed by atoms with Gasteiger partial charge in [-0.2, -0.15) is 5.10 Å². The Labute approximate surface area is 347 Å². The van der Waals surface area contributed by atoms with Gasteiger partial charge in [0.25, 0.3) is 11.5 Å². The van der Waals surface area contributed by atoms with Crippen LogP contribution in [0, 0.1) is 22.6 Å². The first-order valence-electron chi connectivity index (χ1n) is 21.8. The molecule has 318 valence electrons. The molecule has 59 heavy (non-hydrogen) atoms. The summed E-state index contributed by atoms with van der Waals surface area (Å²) in [6, 6.07) is 12.9. The number of piperidine rings is 2. The molecular formula is C46H62FN7O5. The van der Waals surface area contributed by atoms with Crippen molar-refractivity contribution >= 4 is 28.7 Å². The third-order valence-electron chi connectivity index (χ3n) is 13.9. The second kappa shape index (κ2) is 15.9. The van der Waals surface area contributed by atoms with Gasteiger partial charge in [-0.25, -0.2) is 14.3 Å². The molecule has 3 amide bonds. The number of piperazine rings is 1. The Hall–Kier alpha value is -4.36. The standard InChI is InChI=1S/C46H62FN7O5/c1-44(2,3)39-38(29-54(39)43(58)59-45(4,5)6)51-19-15-46(16-20-51)27-32(28-46)50-17-13-31(14-18-50)41(56)52-21-23-53(24-22-52)42(57)35-25-30(11-12-36(35)47)26-37-33-9-7-8-10-34(33)40(55)49-48-37/h7-12,25,31-32,38-39H,13-24,26-29H2,1-6H3,(H,49,55). The number of aromatic nitrogens is 2. The van der Waals surface area contributed by atoms with E-state index in [0.29, 0.717) is 61.2 Å². The summed E-state index contributed by atoms with van der Waals surface area (Å²) in [5, 5.41) is 8.03. The Kier molecular flexibility index (Phi) is 11.2. The van der Waals surface area contributed by atoms with E-state index < -0.39 is 11.4 Å². The summed E-state index contributed by atoms with van der Waals surface area (Å²) < 4.78 is 20.8. The number of carbonyl (C=O) groups excluding carboxylic acids is 3. The highest BCUT2D eigenvalue weighted by molar-refractivity contribution is 5.95. The number of likely N-dealkylation sites (tertiary alicyclic amines) is 3. The van der Waals surface area contributed by atoms with Crippen LogP contribution >= 0.6 is 0 Å². The van der Waals surface area contributed by atoms with Gasteiger partial charge in [0.15, 0.2) is 0 Å². The first-order chi connectivity index (χ1) is 28.0. The lowest BCUT2D eigenvalue weighted by molar-refractivity contribution is -0.140. The van der Waals surface area contributed by atoms with Crippen molar-refractivity contribution < 1.29 is 23.5 Å². The van der Waals surface area contributed by atoms with Crippen molar-refractivity contribution in [1.29, 1.82) is 0 Å². The monoisotopic (exact) mass is 811 g/mol. The number of amides is 3. The fourth-order valence-electron chi connectivity index (χ4n) is 10.7. The number of benzene rings is 2. The van der Waals surface area contributed by atoms with Crippen molar-refractivity contribution in [2.24, 2.45) is 16.7 Å². The highest BCUT2D eigenvalue weighted by Crippen LogP contribution is 2.52. The Bertz CT molecular complexity index is 2110. The van der Waals surface area contributed by atoms with Crippen molar-refractivity contribution in [3.8, 4) is 0 Å². The molecule has 1 aromatic heterocycles. The third-order valence-corrected chi connectivity index (χ3v) is 13.9. The molecule has 4 aliphatic heterocycles. The Morgan fingerprint density at radius 2 is 1.49 bits per heavy atom. The topological polar surface area (TPSA) is 122 Å². The van der Waals surface area contributed by atoms with Gasteiger partial charge in [0, 0.05) is 62.5 Å². The van der Waals surface area contributed by atoms with E-state index in [4.69, 9.17) is 4.74 Å². The quantitative estimate of drug-likeness (QED) is 0.326. The van der Waals surface area contributed by atoms with Crippen LogP contribution in [0.3, 0.4) is 0 Å². The zero-order chi connectivity index (χ0) is 41.9. The number of H-pyrrole nitrogens is 1. The van der Waals surface area contributed by atoms with Gasteiger partial charge in [0.1, 0.15) is 11.4 Å². The molecule has 1 spiro atoms. The van der Waals surface area contributed by atoms with E-state index in [1.54, 1.807) is 29.2 Å². The first kappa shape index (κ1) is 41.4. The van der Waals surface area contributed by atoms with E-state index in [0.717, 1.165) is 56.5 Å². The summed E-state index contributed by atoms with van der Waals surface area (Å²) >= 11 is 0. The molecule has 13 heteroatoms. The van der Waals surface area contributed by atoms with Gasteiger partial charge >= 0.3 is 6.09 Å². The number of halogens is 1. The summed E-state index contributed by atoms with van der Waals surface area (Å²) in [4.78, 5) is 63.3. The maximum Gasteiger partial charge on any atom is 0.410 e. The number of ether oxygens (including phenoxy) is 1. The van der Waals surface area contributed by atoms with Gasteiger partial charge in [-0.3, -0.25) is 19.3 Å². The molecule has 12 nitrogen and oxygen atoms in total. The molecule has 5 aliphatic rings. The number of rotatable bonds is 6. The van der Waals surface area contributed by atoms with E-state index in [-0.39, 0.29) is 46.4 Å². The average Bonchev–Trinajstić information content (AvgIpc) is 3.17. The molecule has 0 bridgehead atoms. The smallest absolute Gasteiger partial charge is 0.410 e. The summed E-state index contributed by atoms with van der Waals surface area (Å²) in [5.74, 6) is -0.786. The highest BCUT2D eigenvalue weighted by Gasteiger charge is 2.55. The molecule has 5 fully saturated rings. The first-order valence-corrected chi connectivity index (χ1v) is 21.8. The van der Waals surface area contributed by atoms with Gasteiger partial charge in [-0.15, -0.1) is 0 Å². The Morgan fingerprint density at radius 3 is 2.14 bits per heavy atom. The largest absolute Gasteiger partial charge is 0.444 e. The molecule has 5 heterocycles. The van der Waals surface area contributed by atoms with E-state index in [9.17, 15) is 19.2 Å². The minimum atomic E-state index is -0.581. The van der Waals surface area contributed by atoms with Gasteiger partial charge in [-0.1, -0.05) is 45.0 Å². The SMILES string of the molecule is CC(C)(C)OC(=O)N1CC(N2CCC3(CC2)CC(N2CCC(C(=O)N4CCN(C(=O)c5cc(Cc6n[nH]c(=O)c7ccccc67)ccc5F)CC4)CC2)C3)C1C(C)(C)C. The number of aromatic amines is 1. The lowest BCUT2D eigenvalue weighted by atomic mass is 9.59. The molecular weight excluding hydrogens is 750 g/mol. The van der Waals surface area contributed by atoms with Gasteiger partial charge in [-0.05, 0) is 120 Å². The molecule has 0 radical (unpaired) electrons. The van der Waals surface area contributed by atoms with Gasteiger partial charge in [0.05, 0.1) is 22.7 Å². The molecule has 1 N–H and O–H groups in total. The zero-order valence-electron chi connectivity index (χ0n) is 35.8. The molecule has 8 rings (SSSR count). The molecule has 1 saturated carbocycles. The summed E-state index contributed by atoms with van der Waals surface area (Å²) in [6.45, 7) is 18.9. The third kappa shape index (κ3) is 8.51. The normalized spacial score (nSPS) is 23.6. The number of hydrogen-bond donors (Lipinski definition) is 1. The summed E-state index contributed by atoms with van der Waals surface area (Å²) in [5.41, 5.74) is 0.976. The van der Waals surface area contributed by atoms with E-state index >= 15 is 4.39 Å². The molecule has 4 saturated heterocycles. The van der Waals surface area contributed by atoms with Crippen LogP contribution in [0.25, 0.3) is 10.8 Å². The number of nitrogens with one attached hydrogen (secondary N) is 1. The van der Waals surface area contributed by atoms with E-state index in [1.165, 1.54) is 31.7 Å². The molecule has 2 unspecified atom stereocenters. The van der Waals surface area contributed by atoms with Crippen molar-refractivity contribution in [3.63, 3.8) is 0 Å². The van der Waals surface area contributed by atoms with Crippen molar-refractivity contribution in [3.05, 3.63) is 75.5 Å². The molecule has 3 aromatic rings. The maximum absolute atomic E-state index is 15.1. The van der Waals surface area contributed by atoms with Crippen LogP contribution in [0.2, 0.25) is 0 Å². The minimum Gasteiger partial charge on any atom is -0.444 e. The van der Waals surface area contributed by atoms with Crippen LogP contribution in [0.4, 0.5) is 9.18 Å². The number of fused-ring (bicyclic) bond motifs is 1. The average molecular weight is 812 g/mol. The van der Waals surface area contributed by atoms with Crippen LogP contribution in [-0.2, 0) is 16.0 Å². The van der Waals surface area contributed by atoms with Crippen LogP contribution in [0.1, 0.15) is 102 Å². The fourth-order valence-corrected chi connectivity index (χ4v) is 10.7. The number of hydrogen-bond acceptors (Lipinski definition) is 8. The van der Waals surface area contributed by atoms with Gasteiger partial charge < -0.3 is 24.3 Å². The van der Waals surface area contributed by atoms with Crippen LogP contribution < -0.4 is 5.56 Å². The Morgan fingerprint density at radius 1 is 0.847 bits per heavy atom. The number of nitrogens with zero attached hydrogens (tertiary/aromatic N) is 6. The molecule has 2 atom stereocenters. The van der Waals surface area contributed by atoms with E-state index in [2.05, 4.69) is 40.8 Å². The van der Waals surface area contributed by atoms with Gasteiger partial charge in [0.2, 0.25) is 5.91 Å². The minimum absolute atomic E-state index is 0.00370. The van der Waals surface area contributed by atoms with Crippen LogP contribution in [0.15, 0.2) is 47.3 Å². The summed E-state index contributed by atoms with van der Waals surface area (Å²) in [7, 11) is 0. The summed E-state index contributed by atoms with van der Waals surface area (Å²) in [6.07, 6.45) is 6.72. The van der Waals surface area contributed by atoms with Crippen molar-refractivity contribution in [2.45, 2.75) is 110 Å². The molecule has 1 aliphatic carbocycles. The van der Waals surface area contributed by atoms with Crippen molar-refractivity contribution in [2.75, 3.05) is 58.9 Å². The lowest BCUT2D eigenvalue weighted by Gasteiger charge is -2.61. The van der Waals surface area contributed by atoms with Crippen molar-refractivity contribution in [1.82, 2.24) is 34.7 Å². The lowest BCUT2D eigenvalue weighted by Crippen LogP contribution is -2.73. The second-order valence-corrected chi connectivity index (χ2v) is 20.1. The molecule has 2 aromatic carbocycles. The zero-order valence-corrected chi connectivity index (χ0v) is 35.8. The van der Waals surface area contributed by atoms with Crippen LogP contribution in [-0.4, -0.2) is 135 Å². The predicted molar refractivity (Wildman–Crippen MR) is 225 cm³/mol. The van der Waals surface area contributed by atoms with E-state index in [1.807, 2.05) is 42.7 Å². The predicted octanol–water partition coefficient (Wildman–Crippen LogP) is 5.93. The van der Waals surface area contributed by atoms with Crippen LogP contribution in [0.5, 0.6) is 0 Å². The number of carbonyl (C=O) groups is 3.